The molecule has 1 aliphatic rings. The van der Waals surface area contributed by atoms with E-state index in [0.29, 0.717) is 0 Å². The van der Waals surface area contributed by atoms with Crippen molar-refractivity contribution in [2.24, 2.45) is 4.99 Å². The van der Waals surface area contributed by atoms with Crippen molar-refractivity contribution >= 4 is 17.9 Å². The molecular formula is C14H12N4O4. The van der Waals surface area contributed by atoms with E-state index >= 15 is 0 Å². The monoisotopic (exact) mass is 300 g/mol. The van der Waals surface area contributed by atoms with E-state index in [1.54, 1.807) is 0 Å². The number of aliphatic imine (C=N–C) groups is 1. The van der Waals surface area contributed by atoms with Crippen LogP contribution in [0, 0.1) is 0 Å². The molecule has 0 bridgehead atoms. The van der Waals surface area contributed by atoms with Crippen molar-refractivity contribution in [2.45, 2.75) is 6.23 Å². The Morgan fingerprint density at radius 3 is 2.77 bits per heavy atom. The van der Waals surface area contributed by atoms with Gasteiger partial charge >= 0.3 is 6.16 Å². The minimum atomic E-state index is -1.55. The maximum Gasteiger partial charge on any atom is 0.508 e. The molecule has 8 heteroatoms. The number of carbonyl (C=O) groups excluding carboxylic acids is 1. The van der Waals surface area contributed by atoms with E-state index in [1.165, 1.54) is 36.8 Å². The van der Waals surface area contributed by atoms with E-state index in [4.69, 9.17) is 9.84 Å². The van der Waals surface area contributed by atoms with Crippen LogP contribution >= 0.6 is 0 Å². The number of hydrogen-bond acceptors (Lipinski definition) is 6. The Morgan fingerprint density at radius 2 is 2.14 bits per heavy atom. The lowest BCUT2D eigenvalue weighted by atomic mass is 10.3. The average molecular weight is 300 g/mol. The fourth-order valence-electron chi connectivity index (χ4n) is 1.90. The third-order valence-corrected chi connectivity index (χ3v) is 2.68. The van der Waals surface area contributed by atoms with Gasteiger partial charge in [0, 0.05) is 18.6 Å². The van der Waals surface area contributed by atoms with E-state index in [-0.39, 0.29) is 17.2 Å². The zero-order chi connectivity index (χ0) is 16.1. The van der Waals surface area contributed by atoms with Crippen molar-refractivity contribution < 1.29 is 19.4 Å². The van der Waals surface area contributed by atoms with Crippen LogP contribution in [0.25, 0.3) is 0 Å². The summed E-state index contributed by atoms with van der Waals surface area (Å²) in [5, 5.41) is 8.89. The Hall–Kier alpha value is -3.29. The smallest absolute Gasteiger partial charge is 0.450 e. The second kappa shape index (κ2) is 6.44. The molecule has 1 aliphatic heterocycles. The zero-order valence-electron chi connectivity index (χ0n) is 11.4. The molecule has 1 atom stereocenters. The molecule has 0 radical (unpaired) electrons. The van der Waals surface area contributed by atoms with Gasteiger partial charge in [-0.15, -0.1) is 0 Å². The molecule has 0 aliphatic carbocycles. The van der Waals surface area contributed by atoms with Gasteiger partial charge in [0.15, 0.2) is 5.69 Å². The normalized spacial score (nSPS) is 17.5. The van der Waals surface area contributed by atoms with Gasteiger partial charge in [-0.3, -0.25) is 9.78 Å². The summed E-state index contributed by atoms with van der Waals surface area (Å²) in [6, 6.07) is 0. The van der Waals surface area contributed by atoms with Crippen LogP contribution in [0.5, 0.6) is 0 Å². The van der Waals surface area contributed by atoms with Crippen molar-refractivity contribution in [2.75, 3.05) is 0 Å². The number of nitrogens with zero attached hydrogens (tertiary/aromatic N) is 4. The van der Waals surface area contributed by atoms with Gasteiger partial charge in [0.1, 0.15) is 11.5 Å². The van der Waals surface area contributed by atoms with Gasteiger partial charge in [0.05, 0.1) is 0 Å². The molecule has 0 aromatic carbocycles. The fourth-order valence-corrected chi connectivity index (χ4v) is 1.90. The van der Waals surface area contributed by atoms with E-state index in [0.717, 1.165) is 4.90 Å². The minimum absolute atomic E-state index is 0.0116. The molecule has 112 valence electrons. The number of aromatic nitrogens is 2. The van der Waals surface area contributed by atoms with Crippen LogP contribution in [0.2, 0.25) is 0 Å². The summed E-state index contributed by atoms with van der Waals surface area (Å²) in [5.74, 6) is -0.436. The second-order valence-electron chi connectivity index (χ2n) is 3.97. The highest BCUT2D eigenvalue weighted by atomic mass is 16.7. The number of hydrogen-bond donors (Lipinski definition) is 1. The first-order valence-corrected chi connectivity index (χ1v) is 6.12. The van der Waals surface area contributed by atoms with Crippen LogP contribution in [-0.4, -0.2) is 37.9 Å². The number of amides is 1. The van der Waals surface area contributed by atoms with Crippen LogP contribution in [0.4, 0.5) is 4.79 Å². The number of allylic oxidation sites excluding steroid dienone is 2. The Labute approximate surface area is 125 Å². The van der Waals surface area contributed by atoms with Crippen LogP contribution in [0.15, 0.2) is 55.0 Å². The summed E-state index contributed by atoms with van der Waals surface area (Å²) in [6.45, 7) is 6.99. The van der Waals surface area contributed by atoms with Crippen molar-refractivity contribution in [3.05, 3.63) is 61.4 Å². The molecule has 1 aromatic rings. The Morgan fingerprint density at radius 1 is 1.41 bits per heavy atom. The lowest BCUT2D eigenvalue weighted by molar-refractivity contribution is 0.00354. The second-order valence-corrected chi connectivity index (χ2v) is 3.97. The lowest BCUT2D eigenvalue weighted by Gasteiger charge is -2.22. The summed E-state index contributed by atoms with van der Waals surface area (Å²) < 4.78 is 4.77. The summed E-state index contributed by atoms with van der Waals surface area (Å²) in [5.41, 5.74) is 0.121. The van der Waals surface area contributed by atoms with Crippen molar-refractivity contribution in [1.29, 1.82) is 0 Å². The summed E-state index contributed by atoms with van der Waals surface area (Å²) in [7, 11) is 0. The van der Waals surface area contributed by atoms with Crippen LogP contribution in [0.1, 0.15) is 22.4 Å². The maximum atomic E-state index is 12.4. The van der Waals surface area contributed by atoms with Gasteiger partial charge in [0.2, 0.25) is 6.23 Å². The highest BCUT2D eigenvalue weighted by molar-refractivity contribution is 6.12. The van der Waals surface area contributed by atoms with Gasteiger partial charge < -0.3 is 9.84 Å². The minimum Gasteiger partial charge on any atom is -0.450 e. The summed E-state index contributed by atoms with van der Waals surface area (Å²) in [4.78, 5) is 36.3. The maximum absolute atomic E-state index is 12.4. The van der Waals surface area contributed by atoms with Crippen LogP contribution < -0.4 is 0 Å². The first-order valence-electron chi connectivity index (χ1n) is 6.12. The number of carbonyl (C=O) groups is 2. The molecule has 1 N–H and O–H groups in total. The molecule has 0 spiro atoms. The average Bonchev–Trinajstić information content (AvgIpc) is 2.76. The largest absolute Gasteiger partial charge is 0.508 e. The number of fused-ring (bicyclic) bond motifs is 1. The topological polar surface area (TPSA) is 105 Å². The van der Waals surface area contributed by atoms with E-state index in [9.17, 15) is 9.59 Å². The molecule has 1 unspecified atom stereocenters. The molecule has 2 heterocycles. The van der Waals surface area contributed by atoms with E-state index in [1.807, 2.05) is 0 Å². The third-order valence-electron chi connectivity index (χ3n) is 2.68. The third kappa shape index (κ3) is 2.75. The highest BCUT2D eigenvalue weighted by Crippen LogP contribution is 2.32. The predicted octanol–water partition coefficient (Wildman–Crippen LogP) is 1.91. The zero-order valence-corrected chi connectivity index (χ0v) is 11.4. The van der Waals surface area contributed by atoms with E-state index in [2.05, 4.69) is 28.1 Å². The van der Waals surface area contributed by atoms with Crippen molar-refractivity contribution in [1.82, 2.24) is 14.9 Å². The number of ether oxygens (including phenoxy) is 1. The molecule has 22 heavy (non-hydrogen) atoms. The molecule has 1 aromatic heterocycles. The Balaban J connectivity index is 2.53. The molecule has 0 saturated carbocycles. The molecule has 1 amide bonds. The van der Waals surface area contributed by atoms with Gasteiger partial charge in [-0.05, 0) is 6.08 Å². The first-order chi connectivity index (χ1) is 10.6. The standard InChI is InChI=1S/C14H12N4O4/c1-3-5-6-9(15-4-2)18-12(19)10-11(17-8-7-16-10)13(18)22-14(20)21/h3-8,13H,1-2H2,(H,20,21)/b6-5-,15-9?. The summed E-state index contributed by atoms with van der Waals surface area (Å²) in [6.07, 6.45) is 5.58. The fraction of sp³-hybridized carbons (Fsp3) is 0.0714. The molecule has 2 rings (SSSR count). The van der Waals surface area contributed by atoms with Crippen LogP contribution in [0.3, 0.4) is 0 Å². The molecule has 0 saturated heterocycles. The summed E-state index contributed by atoms with van der Waals surface area (Å²) >= 11 is 0. The van der Waals surface area contributed by atoms with Crippen molar-refractivity contribution in [3.8, 4) is 0 Å². The molecular weight excluding hydrogens is 288 g/mol. The number of rotatable bonds is 4. The van der Waals surface area contributed by atoms with Gasteiger partial charge in [-0.25, -0.2) is 19.7 Å². The lowest BCUT2D eigenvalue weighted by Crippen LogP contribution is -2.35. The molecule has 0 fully saturated rings. The SMILES string of the molecule is C=C/C=C\C(=NC=C)N1C(=O)c2nccnc2C1OC(=O)O. The van der Waals surface area contributed by atoms with Crippen molar-refractivity contribution in [3.63, 3.8) is 0 Å². The van der Waals surface area contributed by atoms with Gasteiger partial charge in [0.25, 0.3) is 5.91 Å². The molecule has 8 nitrogen and oxygen atoms in total. The predicted molar refractivity (Wildman–Crippen MR) is 77.0 cm³/mol. The highest BCUT2D eigenvalue weighted by Gasteiger charge is 2.44. The first kappa shape index (κ1) is 15.1. The van der Waals surface area contributed by atoms with Gasteiger partial charge in [-0.2, -0.15) is 0 Å². The number of amidine groups is 1. The van der Waals surface area contributed by atoms with Crippen LogP contribution in [-0.2, 0) is 4.74 Å². The Bertz CT molecular complexity index is 696. The van der Waals surface area contributed by atoms with Gasteiger partial charge in [-0.1, -0.05) is 25.3 Å². The van der Waals surface area contributed by atoms with E-state index < -0.39 is 18.3 Å². The number of carboxylic acid groups (broad SMARTS) is 1. The quantitative estimate of drug-likeness (QED) is 0.394. The Kier molecular flexibility index (Phi) is 4.42.